The molecule has 0 saturated heterocycles. The molecule has 156 valence electrons. The molecule has 0 spiro atoms. The minimum Gasteiger partial charge on any atom is -0.481 e. The number of ether oxygens (including phenoxy) is 2. The Kier molecular flexibility index (Phi) is 6.57. The Hall–Kier alpha value is -3.54. The molecule has 6 heteroatoms. The maximum atomic E-state index is 12.3. The van der Waals surface area contributed by atoms with Crippen LogP contribution < -0.4 is 20.3 Å². The Balaban J connectivity index is 1.52. The van der Waals surface area contributed by atoms with E-state index < -0.39 is 24.0 Å². The van der Waals surface area contributed by atoms with E-state index in [1.807, 2.05) is 74.5 Å². The Morgan fingerprint density at radius 3 is 1.93 bits per heavy atom. The summed E-state index contributed by atoms with van der Waals surface area (Å²) < 4.78 is 11.5. The zero-order valence-corrected chi connectivity index (χ0v) is 17.6. The third-order valence-electron chi connectivity index (χ3n) is 4.78. The van der Waals surface area contributed by atoms with E-state index in [1.165, 1.54) is 0 Å². The smallest absolute Gasteiger partial charge is 0.279 e. The first kappa shape index (κ1) is 21.2. The van der Waals surface area contributed by atoms with Crippen molar-refractivity contribution in [1.82, 2.24) is 10.9 Å². The van der Waals surface area contributed by atoms with Crippen LogP contribution in [0, 0.1) is 13.8 Å². The summed E-state index contributed by atoms with van der Waals surface area (Å²) in [7, 11) is 0. The van der Waals surface area contributed by atoms with Crippen molar-refractivity contribution < 1.29 is 19.1 Å². The number of amides is 2. The van der Waals surface area contributed by atoms with Crippen LogP contribution in [0.4, 0.5) is 0 Å². The molecular formula is C24H26N2O4. The molecule has 0 aromatic heterocycles. The van der Waals surface area contributed by atoms with E-state index in [0.717, 1.165) is 21.9 Å². The molecule has 3 aromatic rings. The molecule has 3 rings (SSSR count). The topological polar surface area (TPSA) is 76.7 Å². The Bertz CT molecular complexity index is 1040. The number of aryl methyl sites for hydroxylation is 2. The van der Waals surface area contributed by atoms with E-state index in [9.17, 15) is 9.59 Å². The van der Waals surface area contributed by atoms with Crippen LogP contribution in [0.3, 0.4) is 0 Å². The molecule has 2 atom stereocenters. The summed E-state index contributed by atoms with van der Waals surface area (Å²) in [5.41, 5.74) is 6.67. The van der Waals surface area contributed by atoms with Gasteiger partial charge in [0.25, 0.3) is 11.8 Å². The van der Waals surface area contributed by atoms with E-state index >= 15 is 0 Å². The fourth-order valence-electron chi connectivity index (χ4n) is 3.04. The molecule has 0 heterocycles. The van der Waals surface area contributed by atoms with Crippen LogP contribution in [0.5, 0.6) is 11.5 Å². The lowest BCUT2D eigenvalue weighted by Crippen LogP contribution is -2.50. The van der Waals surface area contributed by atoms with Crippen LogP contribution in [0.15, 0.2) is 60.7 Å². The first-order valence-electron chi connectivity index (χ1n) is 9.83. The largest absolute Gasteiger partial charge is 0.481 e. The van der Waals surface area contributed by atoms with E-state index in [1.54, 1.807) is 13.8 Å². The highest BCUT2D eigenvalue weighted by atomic mass is 16.5. The number of carbonyl (C=O) groups excluding carboxylic acids is 2. The summed E-state index contributed by atoms with van der Waals surface area (Å²) in [4.78, 5) is 24.6. The lowest BCUT2D eigenvalue weighted by atomic mass is 10.1. The van der Waals surface area contributed by atoms with Gasteiger partial charge in [-0.15, -0.1) is 0 Å². The van der Waals surface area contributed by atoms with Gasteiger partial charge in [-0.1, -0.05) is 48.5 Å². The molecule has 2 unspecified atom stereocenters. The lowest BCUT2D eigenvalue weighted by Gasteiger charge is -2.19. The van der Waals surface area contributed by atoms with E-state index in [2.05, 4.69) is 10.9 Å². The summed E-state index contributed by atoms with van der Waals surface area (Å²) in [6, 6.07) is 19.3. The minimum absolute atomic E-state index is 0.455. The monoisotopic (exact) mass is 406 g/mol. The molecule has 0 radical (unpaired) electrons. The maximum Gasteiger partial charge on any atom is 0.279 e. The van der Waals surface area contributed by atoms with Gasteiger partial charge in [-0.25, -0.2) is 0 Å². The Morgan fingerprint density at radius 2 is 1.30 bits per heavy atom. The van der Waals surface area contributed by atoms with Crippen LogP contribution >= 0.6 is 0 Å². The maximum absolute atomic E-state index is 12.3. The number of hydrogen-bond acceptors (Lipinski definition) is 4. The first-order chi connectivity index (χ1) is 14.3. The van der Waals surface area contributed by atoms with Crippen LogP contribution in [-0.2, 0) is 9.59 Å². The summed E-state index contributed by atoms with van der Waals surface area (Å²) in [5, 5.41) is 2.11. The van der Waals surface area contributed by atoms with Crippen molar-refractivity contribution in [1.29, 1.82) is 0 Å². The van der Waals surface area contributed by atoms with Gasteiger partial charge in [-0.2, -0.15) is 0 Å². The fourth-order valence-corrected chi connectivity index (χ4v) is 3.04. The standard InChI is InChI=1S/C24H26N2O4/c1-15-8-7-9-16(2)22(15)30-18(4)24(28)26-25-23(27)17(3)29-21-13-12-19-10-5-6-11-20(19)14-21/h5-14,17-18H,1-4H3,(H,25,27)(H,26,28). The van der Waals surface area contributed by atoms with Crippen molar-refractivity contribution in [3.05, 3.63) is 71.8 Å². The fraction of sp³-hybridized carbons (Fsp3) is 0.250. The molecule has 0 aliphatic heterocycles. The van der Waals surface area contributed by atoms with Crippen molar-refractivity contribution in [2.45, 2.75) is 39.9 Å². The SMILES string of the molecule is Cc1cccc(C)c1OC(C)C(=O)NNC(=O)C(C)Oc1ccc2ccccc2c1. The number of benzene rings is 3. The van der Waals surface area contributed by atoms with E-state index in [0.29, 0.717) is 11.5 Å². The zero-order valence-electron chi connectivity index (χ0n) is 17.6. The molecule has 2 N–H and O–H groups in total. The average Bonchev–Trinajstić information content (AvgIpc) is 2.74. The second-order valence-corrected chi connectivity index (χ2v) is 7.23. The van der Waals surface area contributed by atoms with Crippen molar-refractivity contribution in [2.75, 3.05) is 0 Å². The number of hydrogen-bond donors (Lipinski definition) is 2. The predicted octanol–water partition coefficient (Wildman–Crippen LogP) is 3.84. The minimum atomic E-state index is -0.790. The van der Waals surface area contributed by atoms with E-state index in [4.69, 9.17) is 9.47 Å². The molecule has 0 bridgehead atoms. The van der Waals surface area contributed by atoms with Gasteiger partial charge >= 0.3 is 0 Å². The molecule has 0 aliphatic carbocycles. The van der Waals surface area contributed by atoms with Crippen LogP contribution in [0.2, 0.25) is 0 Å². The normalized spacial score (nSPS) is 12.7. The molecule has 30 heavy (non-hydrogen) atoms. The molecular weight excluding hydrogens is 380 g/mol. The molecule has 3 aromatic carbocycles. The Labute approximate surface area is 176 Å². The highest BCUT2D eigenvalue weighted by Crippen LogP contribution is 2.23. The quantitative estimate of drug-likeness (QED) is 0.610. The van der Waals surface area contributed by atoms with Gasteiger partial charge < -0.3 is 9.47 Å². The molecule has 0 saturated carbocycles. The Morgan fingerprint density at radius 1 is 0.733 bits per heavy atom. The van der Waals surface area contributed by atoms with Gasteiger partial charge in [0.05, 0.1) is 0 Å². The van der Waals surface area contributed by atoms with Crippen molar-refractivity contribution in [3.8, 4) is 11.5 Å². The van der Waals surface area contributed by atoms with Crippen LogP contribution in [0.25, 0.3) is 10.8 Å². The average molecular weight is 406 g/mol. The van der Waals surface area contributed by atoms with Crippen LogP contribution in [0.1, 0.15) is 25.0 Å². The van der Waals surface area contributed by atoms with Gasteiger partial charge in [-0.3, -0.25) is 20.4 Å². The number of carbonyl (C=O) groups is 2. The number of rotatable bonds is 6. The lowest BCUT2D eigenvalue weighted by molar-refractivity contribution is -0.135. The molecule has 2 amide bonds. The highest BCUT2D eigenvalue weighted by Gasteiger charge is 2.20. The highest BCUT2D eigenvalue weighted by molar-refractivity contribution is 5.87. The number of fused-ring (bicyclic) bond motifs is 1. The van der Waals surface area contributed by atoms with Crippen molar-refractivity contribution >= 4 is 22.6 Å². The van der Waals surface area contributed by atoms with Crippen molar-refractivity contribution in [2.24, 2.45) is 0 Å². The second-order valence-electron chi connectivity index (χ2n) is 7.23. The van der Waals surface area contributed by atoms with Gasteiger partial charge in [-0.05, 0) is 61.7 Å². The summed E-state index contributed by atoms with van der Waals surface area (Å²) in [5.74, 6) is 0.327. The second kappa shape index (κ2) is 9.31. The zero-order chi connectivity index (χ0) is 21.7. The third-order valence-corrected chi connectivity index (χ3v) is 4.78. The van der Waals surface area contributed by atoms with Crippen LogP contribution in [-0.4, -0.2) is 24.0 Å². The first-order valence-corrected chi connectivity index (χ1v) is 9.83. The van der Waals surface area contributed by atoms with Crippen molar-refractivity contribution in [3.63, 3.8) is 0 Å². The summed E-state index contributed by atoms with van der Waals surface area (Å²) >= 11 is 0. The predicted molar refractivity (Wildman–Crippen MR) is 116 cm³/mol. The number of nitrogens with one attached hydrogen (secondary N) is 2. The summed E-state index contributed by atoms with van der Waals surface area (Å²) in [6.45, 7) is 7.08. The van der Waals surface area contributed by atoms with Gasteiger partial charge in [0.15, 0.2) is 12.2 Å². The number of hydrazine groups is 1. The summed E-state index contributed by atoms with van der Waals surface area (Å²) in [6.07, 6.45) is -1.57. The molecule has 6 nitrogen and oxygen atoms in total. The van der Waals surface area contributed by atoms with Gasteiger partial charge in [0.2, 0.25) is 0 Å². The van der Waals surface area contributed by atoms with E-state index in [-0.39, 0.29) is 0 Å². The molecule has 0 fully saturated rings. The molecule has 0 aliphatic rings. The van der Waals surface area contributed by atoms with Gasteiger partial charge in [0.1, 0.15) is 11.5 Å². The third kappa shape index (κ3) is 5.08. The number of para-hydroxylation sites is 1. The van der Waals surface area contributed by atoms with Gasteiger partial charge in [0, 0.05) is 0 Å².